The topological polar surface area (TPSA) is 37.8 Å². The van der Waals surface area contributed by atoms with Crippen LogP contribution in [0.2, 0.25) is 5.15 Å². The molecule has 0 atom stereocenters. The van der Waals surface area contributed by atoms with E-state index in [1.54, 1.807) is 0 Å². The van der Waals surface area contributed by atoms with Crippen molar-refractivity contribution in [2.24, 2.45) is 0 Å². The van der Waals surface area contributed by atoms with Crippen LogP contribution in [0, 0.1) is 0 Å². The van der Waals surface area contributed by atoms with E-state index in [4.69, 9.17) is 11.6 Å². The van der Waals surface area contributed by atoms with Crippen molar-refractivity contribution in [2.75, 3.05) is 5.32 Å². The molecular weight excluding hydrogens is 210 g/mol. The molecule has 0 aromatic carbocycles. The lowest BCUT2D eigenvalue weighted by atomic mass is 10.2. The predicted molar refractivity (Wildman–Crippen MR) is 62.2 cm³/mol. The molecule has 0 fully saturated rings. The Hall–Kier alpha value is -1.09. The van der Waals surface area contributed by atoms with Gasteiger partial charge >= 0.3 is 0 Å². The number of anilines is 1. The monoisotopic (exact) mass is 223 g/mol. The van der Waals surface area contributed by atoms with Gasteiger partial charge in [-0.2, -0.15) is 0 Å². The van der Waals surface area contributed by atoms with Gasteiger partial charge in [0.05, 0.1) is 0 Å². The number of rotatable bonds is 3. The Kier molecular flexibility index (Phi) is 3.21. The van der Waals surface area contributed by atoms with Gasteiger partial charge in [-0.25, -0.2) is 9.97 Å². The van der Waals surface area contributed by atoms with Crippen molar-refractivity contribution >= 4 is 17.4 Å². The zero-order valence-corrected chi connectivity index (χ0v) is 9.46. The highest BCUT2D eigenvalue weighted by Gasteiger charge is 2.14. The summed E-state index contributed by atoms with van der Waals surface area (Å²) in [6.45, 7) is 2.06. The fraction of sp³-hybridized carbons (Fsp3) is 0.455. The van der Waals surface area contributed by atoms with Crippen molar-refractivity contribution in [3.8, 4) is 0 Å². The summed E-state index contributed by atoms with van der Waals surface area (Å²) < 4.78 is 0. The summed E-state index contributed by atoms with van der Waals surface area (Å²) in [7, 11) is 0. The maximum absolute atomic E-state index is 6.01. The van der Waals surface area contributed by atoms with Crippen LogP contribution >= 0.6 is 11.6 Å². The molecule has 1 aliphatic carbocycles. The van der Waals surface area contributed by atoms with Gasteiger partial charge in [-0.15, -0.1) is 0 Å². The van der Waals surface area contributed by atoms with Crippen molar-refractivity contribution in [2.45, 2.75) is 32.2 Å². The summed E-state index contributed by atoms with van der Waals surface area (Å²) in [5.41, 5.74) is 1.01. The van der Waals surface area contributed by atoms with Gasteiger partial charge in [-0.1, -0.05) is 30.7 Å². The number of halogens is 1. The molecule has 1 aromatic heterocycles. The number of hydrogen-bond donors (Lipinski definition) is 1. The lowest BCUT2D eigenvalue weighted by Gasteiger charge is -2.15. The second-order valence-corrected chi connectivity index (χ2v) is 3.99. The van der Waals surface area contributed by atoms with Gasteiger partial charge in [-0.3, -0.25) is 0 Å². The smallest absolute Gasteiger partial charge is 0.137 e. The Bertz CT molecular complexity index is 368. The van der Waals surface area contributed by atoms with Gasteiger partial charge in [0.2, 0.25) is 0 Å². The number of nitrogens with zero attached hydrogens (tertiary/aromatic N) is 2. The Morgan fingerprint density at radius 1 is 1.40 bits per heavy atom. The molecule has 0 saturated carbocycles. The summed E-state index contributed by atoms with van der Waals surface area (Å²) in [6, 6.07) is 0.460. The van der Waals surface area contributed by atoms with Crippen LogP contribution in [0.4, 0.5) is 5.82 Å². The van der Waals surface area contributed by atoms with Crippen molar-refractivity contribution in [1.82, 2.24) is 9.97 Å². The van der Waals surface area contributed by atoms with Gasteiger partial charge in [0.1, 0.15) is 17.3 Å². The highest BCUT2D eigenvalue weighted by atomic mass is 35.5. The van der Waals surface area contributed by atoms with E-state index < -0.39 is 0 Å². The zero-order chi connectivity index (χ0) is 10.7. The molecule has 2 rings (SSSR count). The second-order valence-electron chi connectivity index (χ2n) is 3.63. The highest BCUT2D eigenvalue weighted by Crippen LogP contribution is 2.23. The number of nitrogens with one attached hydrogen (secondary N) is 1. The normalized spacial score (nSPS) is 15.9. The molecule has 0 saturated heterocycles. The minimum atomic E-state index is 0.460. The third kappa shape index (κ3) is 2.29. The van der Waals surface area contributed by atoms with Gasteiger partial charge in [0.25, 0.3) is 0 Å². The molecular formula is C11H14ClN3. The maximum Gasteiger partial charge on any atom is 0.137 e. The zero-order valence-electron chi connectivity index (χ0n) is 8.70. The van der Waals surface area contributed by atoms with E-state index in [0.29, 0.717) is 11.2 Å². The highest BCUT2D eigenvalue weighted by molar-refractivity contribution is 6.30. The molecule has 0 unspecified atom stereocenters. The third-order valence-corrected chi connectivity index (χ3v) is 2.92. The summed E-state index contributed by atoms with van der Waals surface area (Å²) in [5, 5.41) is 3.96. The van der Waals surface area contributed by atoms with E-state index >= 15 is 0 Å². The van der Waals surface area contributed by atoms with Crippen molar-refractivity contribution < 1.29 is 0 Å². The Labute approximate surface area is 94.6 Å². The first-order valence-corrected chi connectivity index (χ1v) is 5.60. The van der Waals surface area contributed by atoms with Crippen LogP contribution in [0.5, 0.6) is 0 Å². The fourth-order valence-electron chi connectivity index (χ4n) is 1.76. The van der Waals surface area contributed by atoms with Crippen LogP contribution in [0.15, 0.2) is 18.5 Å². The van der Waals surface area contributed by atoms with E-state index in [9.17, 15) is 0 Å². The molecule has 0 aliphatic heterocycles. The lowest BCUT2D eigenvalue weighted by molar-refractivity contribution is 0.776. The third-order valence-electron chi connectivity index (χ3n) is 2.60. The van der Waals surface area contributed by atoms with Gasteiger partial charge in [0, 0.05) is 11.6 Å². The standard InChI is InChI=1S/C11H14ClN3/c1-2-9-10(12)13-7-14-11(9)15-8-5-3-4-6-8/h3-4,7-8H,2,5-6H2,1H3,(H,13,14,15). The lowest BCUT2D eigenvalue weighted by Crippen LogP contribution is -2.17. The molecule has 0 amide bonds. The summed E-state index contributed by atoms with van der Waals surface area (Å²) in [4.78, 5) is 8.22. The first kappa shape index (κ1) is 10.4. The van der Waals surface area contributed by atoms with E-state index in [-0.39, 0.29) is 0 Å². The molecule has 1 N–H and O–H groups in total. The van der Waals surface area contributed by atoms with Crippen molar-refractivity contribution in [3.63, 3.8) is 0 Å². The average molecular weight is 224 g/mol. The first-order valence-electron chi connectivity index (χ1n) is 5.22. The molecule has 3 nitrogen and oxygen atoms in total. The van der Waals surface area contributed by atoms with Gasteiger partial charge < -0.3 is 5.32 Å². The Morgan fingerprint density at radius 3 is 2.80 bits per heavy atom. The maximum atomic E-state index is 6.01. The second kappa shape index (κ2) is 4.62. The molecule has 1 heterocycles. The summed E-state index contributed by atoms with van der Waals surface area (Å²) >= 11 is 6.01. The minimum Gasteiger partial charge on any atom is -0.366 e. The summed E-state index contributed by atoms with van der Waals surface area (Å²) in [6.07, 6.45) is 8.85. The van der Waals surface area contributed by atoms with E-state index in [0.717, 1.165) is 30.6 Å². The minimum absolute atomic E-state index is 0.460. The Morgan fingerprint density at radius 2 is 2.13 bits per heavy atom. The SMILES string of the molecule is CCc1c(Cl)ncnc1NC1CC=CC1. The van der Waals surface area contributed by atoms with Crippen molar-refractivity contribution in [3.05, 3.63) is 29.2 Å². The molecule has 1 aliphatic rings. The molecule has 0 radical (unpaired) electrons. The molecule has 0 spiro atoms. The molecule has 1 aromatic rings. The molecule has 0 bridgehead atoms. The quantitative estimate of drug-likeness (QED) is 0.633. The summed E-state index contributed by atoms with van der Waals surface area (Å²) in [5.74, 6) is 0.881. The molecule has 15 heavy (non-hydrogen) atoms. The van der Waals surface area contributed by atoms with E-state index in [1.165, 1.54) is 6.33 Å². The number of aromatic nitrogens is 2. The first-order chi connectivity index (χ1) is 7.31. The van der Waals surface area contributed by atoms with Gasteiger partial charge in [0.15, 0.2) is 0 Å². The van der Waals surface area contributed by atoms with Crippen LogP contribution < -0.4 is 5.32 Å². The van der Waals surface area contributed by atoms with Gasteiger partial charge in [-0.05, 0) is 19.3 Å². The predicted octanol–water partition coefficient (Wildman–Crippen LogP) is 2.82. The number of hydrogen-bond acceptors (Lipinski definition) is 3. The largest absolute Gasteiger partial charge is 0.366 e. The Balaban J connectivity index is 2.16. The molecule has 4 heteroatoms. The average Bonchev–Trinajstić information content (AvgIpc) is 2.71. The van der Waals surface area contributed by atoms with Crippen LogP contribution in [0.1, 0.15) is 25.3 Å². The van der Waals surface area contributed by atoms with Crippen molar-refractivity contribution in [1.29, 1.82) is 0 Å². The van der Waals surface area contributed by atoms with E-state index in [1.807, 2.05) is 0 Å². The van der Waals surface area contributed by atoms with Crippen LogP contribution in [0.3, 0.4) is 0 Å². The molecule has 80 valence electrons. The fourth-order valence-corrected chi connectivity index (χ4v) is 2.02. The van der Waals surface area contributed by atoms with Crippen LogP contribution in [-0.2, 0) is 6.42 Å². The van der Waals surface area contributed by atoms with Crippen LogP contribution in [0.25, 0.3) is 0 Å². The van der Waals surface area contributed by atoms with Crippen LogP contribution in [-0.4, -0.2) is 16.0 Å². The van der Waals surface area contributed by atoms with E-state index in [2.05, 4.69) is 34.4 Å².